The minimum absolute atomic E-state index is 0.0475. The summed E-state index contributed by atoms with van der Waals surface area (Å²) >= 11 is 0. The van der Waals surface area contributed by atoms with E-state index in [9.17, 15) is 39.9 Å². The highest BCUT2D eigenvalue weighted by Gasteiger charge is 2.50. The van der Waals surface area contributed by atoms with E-state index in [1.165, 1.54) is 59.4 Å². The summed E-state index contributed by atoms with van der Waals surface area (Å²) in [6.07, 6.45) is 4.76. The molecular formula is C42H55N3O13. The molecule has 4 aliphatic rings. The van der Waals surface area contributed by atoms with E-state index in [0.717, 1.165) is 0 Å². The maximum absolute atomic E-state index is 14.4. The molecule has 0 aromatic heterocycles. The number of hydrazone groups is 1. The predicted octanol–water partition coefficient (Wildman–Crippen LogP) is 4.42. The van der Waals surface area contributed by atoms with Gasteiger partial charge >= 0.3 is 11.8 Å². The SMILES string of the molecule is COC1C=COC2(C)Oc3c(C)c(O)c4c(O)c(c(C=NN5CCOCC5)c(O)c4c3C2=O)NC(=O)C(C)=CC=CC(C)C(O)C(C)C(O)C(C)C(OC(C)=O)C1C. The molecule has 1 saturated heterocycles. The molecule has 5 bridgehead atoms. The lowest BCUT2D eigenvalue weighted by atomic mass is 9.78. The number of ketones is 1. The molecule has 9 unspecified atom stereocenters. The number of esters is 1. The number of aromatic hydroxyl groups is 3. The Kier molecular flexibility index (Phi) is 13.5. The Hall–Kier alpha value is -5.16. The van der Waals surface area contributed by atoms with Crippen LogP contribution in [-0.4, -0.2) is 118 Å². The summed E-state index contributed by atoms with van der Waals surface area (Å²) in [5.74, 6) is -8.44. The van der Waals surface area contributed by atoms with Gasteiger partial charge in [-0.25, -0.2) is 0 Å². The van der Waals surface area contributed by atoms with Crippen molar-refractivity contribution in [3.63, 3.8) is 0 Å². The number of hydrogen-bond acceptors (Lipinski definition) is 15. The van der Waals surface area contributed by atoms with Crippen molar-refractivity contribution < 1.29 is 63.6 Å². The number of ether oxygens (including phenoxy) is 5. The number of hydrogen-bond donors (Lipinski definition) is 6. The largest absolute Gasteiger partial charge is 0.507 e. The normalized spacial score (nSPS) is 30.1. The van der Waals surface area contributed by atoms with E-state index >= 15 is 0 Å². The molecule has 4 aliphatic heterocycles. The molecule has 0 spiro atoms. The summed E-state index contributed by atoms with van der Waals surface area (Å²) < 4.78 is 29.0. The molecule has 6 N–H and O–H groups in total. The first-order valence-corrected chi connectivity index (χ1v) is 19.3. The summed E-state index contributed by atoms with van der Waals surface area (Å²) in [5.41, 5.74) is -0.426. The van der Waals surface area contributed by atoms with Gasteiger partial charge in [0.1, 0.15) is 23.4 Å². The monoisotopic (exact) mass is 809 g/mol. The van der Waals surface area contributed by atoms with E-state index in [-0.39, 0.29) is 44.5 Å². The Morgan fingerprint density at radius 1 is 0.966 bits per heavy atom. The number of allylic oxidation sites excluding steroid dienone is 2. The number of aliphatic hydroxyl groups excluding tert-OH is 2. The van der Waals surface area contributed by atoms with Crippen LogP contribution >= 0.6 is 0 Å². The molecule has 1 amide bonds. The number of amides is 1. The maximum atomic E-state index is 14.4. The zero-order chi connectivity index (χ0) is 42.8. The number of methoxy groups -OCH3 is 1. The van der Waals surface area contributed by atoms with Gasteiger partial charge in [0.05, 0.1) is 79.3 Å². The van der Waals surface area contributed by atoms with Crippen molar-refractivity contribution in [2.45, 2.75) is 85.6 Å². The van der Waals surface area contributed by atoms with Crippen molar-refractivity contribution in [3.05, 3.63) is 52.8 Å². The van der Waals surface area contributed by atoms with Crippen LogP contribution in [0.2, 0.25) is 0 Å². The van der Waals surface area contributed by atoms with Crippen molar-refractivity contribution in [1.29, 1.82) is 0 Å². The van der Waals surface area contributed by atoms with Gasteiger partial charge in [-0.1, -0.05) is 45.9 Å². The van der Waals surface area contributed by atoms with Crippen molar-refractivity contribution in [1.82, 2.24) is 5.01 Å². The molecule has 2 aromatic carbocycles. The summed E-state index contributed by atoms with van der Waals surface area (Å²) in [7, 11) is 1.43. The van der Waals surface area contributed by atoms with Gasteiger partial charge in [0.2, 0.25) is 0 Å². The Morgan fingerprint density at radius 2 is 1.64 bits per heavy atom. The van der Waals surface area contributed by atoms with Crippen LogP contribution in [0.15, 0.2) is 41.2 Å². The van der Waals surface area contributed by atoms with E-state index < -0.39 is 88.8 Å². The number of anilines is 1. The molecule has 316 valence electrons. The number of carbonyl (C=O) groups excluding carboxylic acids is 3. The molecule has 9 atom stereocenters. The fraction of sp³-hybridized carbons (Fsp3) is 0.524. The second kappa shape index (κ2) is 17.8. The lowest BCUT2D eigenvalue weighted by Gasteiger charge is -2.38. The highest BCUT2D eigenvalue weighted by Crippen LogP contribution is 2.55. The molecule has 58 heavy (non-hydrogen) atoms. The second-order valence-electron chi connectivity index (χ2n) is 15.4. The van der Waals surface area contributed by atoms with Crippen molar-refractivity contribution in [2.24, 2.45) is 28.8 Å². The number of Topliss-reactive ketones (excluding diaryl/α,β-unsaturated/α-hetero) is 1. The average Bonchev–Trinajstić information content (AvgIpc) is 3.46. The lowest BCUT2D eigenvalue weighted by Crippen LogP contribution is -2.46. The molecule has 6 rings (SSSR count). The first-order chi connectivity index (χ1) is 27.3. The first-order valence-electron chi connectivity index (χ1n) is 19.3. The predicted molar refractivity (Wildman–Crippen MR) is 214 cm³/mol. The molecule has 16 nitrogen and oxygen atoms in total. The number of aliphatic hydroxyl groups is 2. The molecule has 16 heteroatoms. The number of nitrogens with one attached hydrogen (secondary N) is 1. The van der Waals surface area contributed by atoms with Crippen LogP contribution in [0.1, 0.15) is 70.0 Å². The number of rotatable bonds is 4. The van der Waals surface area contributed by atoms with Crippen LogP contribution in [0, 0.1) is 30.6 Å². The zero-order valence-electron chi connectivity index (χ0n) is 34.3. The highest BCUT2D eigenvalue weighted by molar-refractivity contribution is 6.23. The molecule has 0 saturated carbocycles. The van der Waals surface area contributed by atoms with Crippen LogP contribution in [0.3, 0.4) is 0 Å². The van der Waals surface area contributed by atoms with Gasteiger partial charge in [-0.05, 0) is 19.9 Å². The molecular weight excluding hydrogens is 754 g/mol. The minimum Gasteiger partial charge on any atom is -0.507 e. The van der Waals surface area contributed by atoms with Crippen LogP contribution in [0.5, 0.6) is 23.0 Å². The van der Waals surface area contributed by atoms with Gasteiger partial charge in [0.15, 0.2) is 5.75 Å². The van der Waals surface area contributed by atoms with Gasteiger partial charge in [-0.15, -0.1) is 0 Å². The van der Waals surface area contributed by atoms with Crippen LogP contribution in [0.25, 0.3) is 10.8 Å². The molecule has 0 aliphatic carbocycles. The van der Waals surface area contributed by atoms with Crippen LogP contribution < -0.4 is 10.1 Å². The number of carbonyl (C=O) groups is 3. The molecule has 1 fully saturated rings. The summed E-state index contributed by atoms with van der Waals surface area (Å²) in [5, 5.41) is 66.4. The second-order valence-corrected chi connectivity index (χ2v) is 15.4. The van der Waals surface area contributed by atoms with Crippen LogP contribution in [0.4, 0.5) is 5.69 Å². The summed E-state index contributed by atoms with van der Waals surface area (Å²) in [6, 6.07) is 0. The van der Waals surface area contributed by atoms with Gasteiger partial charge in [-0.3, -0.25) is 19.4 Å². The smallest absolute Gasteiger partial charge is 0.312 e. The molecule has 2 aromatic rings. The topological polar surface area (TPSA) is 226 Å². The number of phenols is 3. The van der Waals surface area contributed by atoms with Gasteiger partial charge in [0.25, 0.3) is 11.7 Å². The van der Waals surface area contributed by atoms with Crippen molar-refractivity contribution in [3.8, 4) is 23.0 Å². The fourth-order valence-electron chi connectivity index (χ4n) is 7.68. The van der Waals surface area contributed by atoms with E-state index in [4.69, 9.17) is 23.7 Å². The number of benzene rings is 2. The van der Waals surface area contributed by atoms with E-state index in [1.54, 1.807) is 44.9 Å². The van der Waals surface area contributed by atoms with Crippen molar-refractivity contribution in [2.75, 3.05) is 38.7 Å². The first kappa shape index (κ1) is 44.0. The number of nitrogens with zero attached hydrogens (tertiary/aromatic N) is 2. The molecule has 4 heterocycles. The van der Waals surface area contributed by atoms with Gasteiger partial charge < -0.3 is 54.5 Å². The van der Waals surface area contributed by atoms with E-state index in [1.807, 2.05) is 0 Å². The average molecular weight is 810 g/mol. The Morgan fingerprint density at radius 3 is 2.28 bits per heavy atom. The van der Waals surface area contributed by atoms with Crippen LogP contribution in [-0.2, 0) is 28.5 Å². The quantitative estimate of drug-likeness (QED) is 0.109. The third-order valence-corrected chi connectivity index (χ3v) is 11.4. The maximum Gasteiger partial charge on any atom is 0.312 e. The summed E-state index contributed by atoms with van der Waals surface area (Å²) in [4.78, 5) is 40.4. The third kappa shape index (κ3) is 8.51. The molecule has 0 radical (unpaired) electrons. The van der Waals surface area contributed by atoms with E-state index in [0.29, 0.717) is 26.3 Å². The third-order valence-electron chi connectivity index (χ3n) is 11.4. The Bertz CT molecular complexity index is 2040. The van der Waals surface area contributed by atoms with Crippen molar-refractivity contribution >= 4 is 40.3 Å². The number of fused-ring (bicyclic) bond motifs is 14. The summed E-state index contributed by atoms with van der Waals surface area (Å²) in [6.45, 7) is 14.1. The number of morpholine rings is 1. The van der Waals surface area contributed by atoms with E-state index in [2.05, 4.69) is 10.4 Å². The highest BCUT2D eigenvalue weighted by atomic mass is 16.7. The Balaban J connectivity index is 1.71. The van der Waals surface area contributed by atoms with Gasteiger partial charge in [0, 0.05) is 61.2 Å². The lowest BCUT2D eigenvalue weighted by molar-refractivity contribution is -0.160. The minimum atomic E-state index is -2.05. The standard InChI is InChI=1S/C42H55N3O13/c1-20-11-10-12-21(2)41(53)44-32-27(19-43-45-14-17-55-18-15-45)36(50)29-30(37(32)51)35(49)25(6)39-31(29)40(52)42(8,58-39)56-16-13-28(54-9)22(3)38(57-26(7)46)24(5)34(48)23(4)33(20)47/h10-13,16,19-20,22-24,28,33-34,38,47-51H,14-15,17-18H2,1-9H3,(H,44,53). The Labute approximate surface area is 337 Å². The fourth-order valence-corrected chi connectivity index (χ4v) is 7.68. The van der Waals surface area contributed by atoms with Gasteiger partial charge in [-0.2, -0.15) is 5.10 Å². The zero-order valence-corrected chi connectivity index (χ0v) is 34.3. The number of phenolic OH excluding ortho intramolecular Hbond substituents is 3.